The van der Waals surface area contributed by atoms with Gasteiger partial charge in [0, 0.05) is 0 Å². The predicted octanol–water partition coefficient (Wildman–Crippen LogP) is 6.27. The molecule has 152 valence electrons. The van der Waals surface area contributed by atoms with E-state index < -0.39 is 0 Å². The molecule has 0 radical (unpaired) electrons. The van der Waals surface area contributed by atoms with Crippen LogP contribution >= 0.6 is 27.7 Å². The monoisotopic (exact) mass is 475 g/mol. The third kappa shape index (κ3) is 4.85. The molecular formula is C22H22BrNO4S. The second-order valence-corrected chi connectivity index (χ2v) is 8.30. The first kappa shape index (κ1) is 21.5. The largest absolute Gasteiger partial charge is 0.490 e. The number of carbonyl (C=O) groups excluding carboxylic acids is 2. The molecular weight excluding hydrogens is 454 g/mol. The average molecular weight is 476 g/mol. The average Bonchev–Trinajstić information content (AvgIpc) is 2.98. The number of halogens is 1. The molecule has 0 spiro atoms. The second kappa shape index (κ2) is 9.50. The molecule has 1 aliphatic rings. The van der Waals surface area contributed by atoms with E-state index in [1.165, 1.54) is 4.90 Å². The van der Waals surface area contributed by atoms with Gasteiger partial charge in [-0.2, -0.15) is 0 Å². The van der Waals surface area contributed by atoms with Gasteiger partial charge >= 0.3 is 0 Å². The number of carbonyl (C=O) groups is 2. The van der Waals surface area contributed by atoms with Gasteiger partial charge in [-0.05, 0) is 83.9 Å². The van der Waals surface area contributed by atoms with Crippen LogP contribution in [-0.2, 0) is 4.79 Å². The van der Waals surface area contributed by atoms with Crippen LogP contribution in [0.15, 0.2) is 51.8 Å². The third-order valence-corrected chi connectivity index (χ3v) is 5.79. The van der Waals surface area contributed by atoms with Gasteiger partial charge in [0.05, 0.1) is 27.8 Å². The summed E-state index contributed by atoms with van der Waals surface area (Å²) in [7, 11) is 0. The van der Waals surface area contributed by atoms with Crippen LogP contribution in [0.5, 0.6) is 11.5 Å². The molecule has 0 bridgehead atoms. The van der Waals surface area contributed by atoms with Crippen molar-refractivity contribution in [3.63, 3.8) is 0 Å². The van der Waals surface area contributed by atoms with Crippen molar-refractivity contribution in [2.45, 2.75) is 33.3 Å². The number of thioether (sulfide) groups is 1. The maximum Gasteiger partial charge on any atom is 0.298 e. The first-order chi connectivity index (χ1) is 13.9. The Morgan fingerprint density at radius 3 is 2.55 bits per heavy atom. The Kier molecular flexibility index (Phi) is 7.03. The summed E-state index contributed by atoms with van der Waals surface area (Å²) in [4.78, 5) is 26.8. The first-order valence-corrected chi connectivity index (χ1v) is 11.0. The summed E-state index contributed by atoms with van der Waals surface area (Å²) in [6.45, 7) is 6.43. The summed E-state index contributed by atoms with van der Waals surface area (Å²) in [5, 5.41) is -0.312. The number of amides is 2. The molecule has 2 aromatic carbocycles. The molecule has 1 aliphatic heterocycles. The molecule has 1 fully saturated rings. The number of imide groups is 1. The topological polar surface area (TPSA) is 55.8 Å². The molecule has 0 N–H and O–H groups in total. The fourth-order valence-electron chi connectivity index (χ4n) is 2.75. The van der Waals surface area contributed by atoms with Crippen LogP contribution in [-0.4, -0.2) is 23.9 Å². The minimum atomic E-state index is -0.333. The summed E-state index contributed by atoms with van der Waals surface area (Å²) < 4.78 is 12.5. The Morgan fingerprint density at radius 1 is 1.17 bits per heavy atom. The van der Waals surface area contributed by atoms with Gasteiger partial charge in [-0.25, -0.2) is 4.90 Å². The van der Waals surface area contributed by atoms with Crippen molar-refractivity contribution < 1.29 is 19.1 Å². The minimum absolute atomic E-state index is 0.0405. The van der Waals surface area contributed by atoms with Crippen LogP contribution < -0.4 is 14.4 Å². The molecule has 3 rings (SSSR count). The van der Waals surface area contributed by atoms with E-state index in [-0.39, 0.29) is 17.3 Å². The summed E-state index contributed by atoms with van der Waals surface area (Å²) in [6.07, 6.45) is 2.61. The Labute approximate surface area is 183 Å². The SMILES string of the molecule is CCOc1cc(/C=C2/SC(=O)N(c3ccccc3)C2=O)cc(Br)c1OC(C)CC. The van der Waals surface area contributed by atoms with Crippen LogP contribution in [0.4, 0.5) is 10.5 Å². The Hall–Kier alpha value is -2.25. The Balaban J connectivity index is 1.94. The fourth-order valence-corrected chi connectivity index (χ4v) is 4.15. The van der Waals surface area contributed by atoms with Crippen LogP contribution in [0.1, 0.15) is 32.8 Å². The summed E-state index contributed by atoms with van der Waals surface area (Å²) in [5.74, 6) is 0.895. The highest BCUT2D eigenvalue weighted by Gasteiger charge is 2.36. The van der Waals surface area contributed by atoms with Gasteiger partial charge in [-0.3, -0.25) is 9.59 Å². The van der Waals surface area contributed by atoms with Crippen molar-refractivity contribution in [2.24, 2.45) is 0 Å². The quantitative estimate of drug-likeness (QED) is 0.441. The van der Waals surface area contributed by atoms with Crippen molar-refractivity contribution in [2.75, 3.05) is 11.5 Å². The van der Waals surface area contributed by atoms with Gasteiger partial charge in [0.25, 0.3) is 11.1 Å². The van der Waals surface area contributed by atoms with E-state index in [0.29, 0.717) is 28.7 Å². The summed E-state index contributed by atoms with van der Waals surface area (Å²) in [5.41, 5.74) is 1.31. The van der Waals surface area contributed by atoms with E-state index in [2.05, 4.69) is 22.9 Å². The molecule has 1 heterocycles. The van der Waals surface area contributed by atoms with Gasteiger partial charge in [0.2, 0.25) is 0 Å². The van der Waals surface area contributed by atoms with Crippen molar-refractivity contribution in [1.29, 1.82) is 0 Å². The van der Waals surface area contributed by atoms with E-state index in [9.17, 15) is 9.59 Å². The number of ether oxygens (including phenoxy) is 2. The Morgan fingerprint density at radius 2 is 1.90 bits per heavy atom. The molecule has 7 heteroatoms. The number of rotatable bonds is 7. The zero-order valence-corrected chi connectivity index (χ0v) is 18.9. The molecule has 29 heavy (non-hydrogen) atoms. The molecule has 0 aromatic heterocycles. The molecule has 0 saturated carbocycles. The maximum absolute atomic E-state index is 12.8. The highest BCUT2D eigenvalue weighted by Crippen LogP contribution is 2.40. The molecule has 2 amide bonds. The Bertz CT molecular complexity index is 945. The smallest absolute Gasteiger partial charge is 0.298 e. The standard InChI is InChI=1S/C22H22BrNO4S/c1-4-14(3)28-20-17(23)11-15(12-18(20)27-5-2)13-19-21(25)24(22(26)29-19)16-9-7-6-8-10-16/h6-14H,4-5H2,1-3H3/b19-13+. The lowest BCUT2D eigenvalue weighted by molar-refractivity contribution is -0.113. The molecule has 5 nitrogen and oxygen atoms in total. The zero-order chi connectivity index (χ0) is 21.0. The highest BCUT2D eigenvalue weighted by atomic mass is 79.9. The van der Waals surface area contributed by atoms with Gasteiger partial charge in [-0.1, -0.05) is 25.1 Å². The van der Waals surface area contributed by atoms with E-state index in [0.717, 1.165) is 28.2 Å². The normalized spacial score (nSPS) is 16.4. The molecule has 0 aliphatic carbocycles. The van der Waals surface area contributed by atoms with Crippen LogP contribution in [0.2, 0.25) is 0 Å². The van der Waals surface area contributed by atoms with Crippen molar-refractivity contribution in [1.82, 2.24) is 0 Å². The van der Waals surface area contributed by atoms with Crippen LogP contribution in [0, 0.1) is 0 Å². The summed E-state index contributed by atoms with van der Waals surface area (Å²) >= 11 is 4.47. The van der Waals surface area contributed by atoms with Gasteiger partial charge < -0.3 is 9.47 Å². The zero-order valence-electron chi connectivity index (χ0n) is 16.5. The van der Waals surface area contributed by atoms with E-state index in [1.807, 2.05) is 32.0 Å². The lowest BCUT2D eigenvalue weighted by atomic mass is 10.1. The van der Waals surface area contributed by atoms with Crippen LogP contribution in [0.3, 0.4) is 0 Å². The lowest BCUT2D eigenvalue weighted by Crippen LogP contribution is -2.27. The number of para-hydroxylation sites is 1. The van der Waals surface area contributed by atoms with Crippen molar-refractivity contribution in [3.8, 4) is 11.5 Å². The van der Waals surface area contributed by atoms with Gasteiger partial charge in [0.1, 0.15) is 0 Å². The number of benzene rings is 2. The van der Waals surface area contributed by atoms with Crippen molar-refractivity contribution >= 4 is 50.6 Å². The third-order valence-electron chi connectivity index (χ3n) is 4.33. The number of hydrogen-bond acceptors (Lipinski definition) is 5. The fraction of sp³-hybridized carbons (Fsp3) is 0.273. The number of anilines is 1. The minimum Gasteiger partial charge on any atom is -0.490 e. The molecule has 1 unspecified atom stereocenters. The van der Waals surface area contributed by atoms with Crippen molar-refractivity contribution in [3.05, 3.63) is 57.4 Å². The number of hydrogen-bond donors (Lipinski definition) is 0. The van der Waals surface area contributed by atoms with E-state index in [4.69, 9.17) is 9.47 Å². The maximum atomic E-state index is 12.8. The van der Waals surface area contributed by atoms with E-state index >= 15 is 0 Å². The van der Waals surface area contributed by atoms with Gasteiger partial charge in [0.15, 0.2) is 11.5 Å². The molecule has 1 saturated heterocycles. The predicted molar refractivity (Wildman–Crippen MR) is 121 cm³/mol. The summed E-state index contributed by atoms with van der Waals surface area (Å²) in [6, 6.07) is 12.6. The second-order valence-electron chi connectivity index (χ2n) is 6.45. The van der Waals surface area contributed by atoms with Gasteiger partial charge in [-0.15, -0.1) is 0 Å². The van der Waals surface area contributed by atoms with E-state index in [1.54, 1.807) is 30.3 Å². The number of nitrogens with zero attached hydrogens (tertiary/aromatic N) is 1. The lowest BCUT2D eigenvalue weighted by Gasteiger charge is -2.18. The first-order valence-electron chi connectivity index (χ1n) is 9.40. The highest BCUT2D eigenvalue weighted by molar-refractivity contribution is 9.10. The molecule has 2 aromatic rings. The van der Waals surface area contributed by atoms with Crippen LogP contribution in [0.25, 0.3) is 6.08 Å². The molecule has 1 atom stereocenters.